The fraction of sp³-hybridized carbons (Fsp3) is 0.130. The van der Waals surface area contributed by atoms with Gasteiger partial charge in [-0.2, -0.15) is 0 Å². The van der Waals surface area contributed by atoms with E-state index in [0.29, 0.717) is 16.7 Å². The van der Waals surface area contributed by atoms with Crippen molar-refractivity contribution in [2.24, 2.45) is 0 Å². The van der Waals surface area contributed by atoms with E-state index in [2.05, 4.69) is 12.6 Å². The summed E-state index contributed by atoms with van der Waals surface area (Å²) in [7, 11) is 0. The second-order valence-corrected chi connectivity index (χ2v) is 7.08. The Balaban J connectivity index is 2.51. The van der Waals surface area contributed by atoms with Crippen LogP contribution in [0.15, 0.2) is 91.0 Å². The lowest BCUT2D eigenvalue weighted by molar-refractivity contribution is -0.165. The van der Waals surface area contributed by atoms with Gasteiger partial charge in [0.2, 0.25) is 0 Å². The Morgan fingerprint density at radius 2 is 1.04 bits per heavy atom. The molecule has 142 valence electrons. The molecule has 0 saturated heterocycles. The molecule has 1 unspecified atom stereocenters. The van der Waals surface area contributed by atoms with Crippen LogP contribution in [0, 0.1) is 0 Å². The Bertz CT molecular complexity index is 861. The van der Waals surface area contributed by atoms with Crippen molar-refractivity contribution in [2.45, 2.75) is 17.4 Å². The van der Waals surface area contributed by atoms with Crippen LogP contribution in [0.2, 0.25) is 0 Å². The highest BCUT2D eigenvalue weighted by atomic mass is 32.1. The van der Waals surface area contributed by atoms with Crippen molar-refractivity contribution in [2.75, 3.05) is 0 Å². The summed E-state index contributed by atoms with van der Waals surface area (Å²) in [6.07, 6.45) is -0.663. The molecule has 0 aliphatic rings. The molecule has 0 radical (unpaired) electrons. The quantitative estimate of drug-likeness (QED) is 0.424. The highest BCUT2D eigenvalue weighted by Crippen LogP contribution is 2.49. The number of hydrogen-bond acceptors (Lipinski definition) is 3. The van der Waals surface area contributed by atoms with Crippen LogP contribution in [0.1, 0.15) is 23.1 Å². The molecule has 0 bridgehead atoms. The van der Waals surface area contributed by atoms with E-state index in [9.17, 15) is 19.8 Å². The molecular weight excluding hydrogens is 372 g/mol. The van der Waals surface area contributed by atoms with Crippen molar-refractivity contribution in [3.8, 4) is 0 Å². The molecule has 0 saturated carbocycles. The monoisotopic (exact) mass is 392 g/mol. The van der Waals surface area contributed by atoms with Crippen molar-refractivity contribution < 1.29 is 19.8 Å². The van der Waals surface area contributed by atoms with Crippen LogP contribution >= 0.6 is 12.6 Å². The normalized spacial score (nSPS) is 13.5. The van der Waals surface area contributed by atoms with Gasteiger partial charge in [-0.3, -0.25) is 4.79 Å². The van der Waals surface area contributed by atoms with Crippen molar-refractivity contribution >= 4 is 23.7 Å². The van der Waals surface area contributed by atoms with Crippen LogP contribution in [-0.2, 0) is 15.0 Å². The standard InChI is InChI=1S/C23H20O4S/c24-20(28)16-22(27,21(25)26)23(17-10-4-1-5-11-17,18-12-6-2-7-13-18)19-14-8-3-9-15-19/h1-15,27H,16H2,(H,24,28)(H,25,26). The number of rotatable bonds is 7. The second kappa shape index (κ2) is 8.00. The van der Waals surface area contributed by atoms with Crippen LogP contribution in [0.5, 0.6) is 0 Å². The van der Waals surface area contributed by atoms with Crippen molar-refractivity contribution in [1.82, 2.24) is 0 Å². The molecule has 0 spiro atoms. The Morgan fingerprint density at radius 3 is 1.29 bits per heavy atom. The van der Waals surface area contributed by atoms with Crippen molar-refractivity contribution in [3.63, 3.8) is 0 Å². The van der Waals surface area contributed by atoms with Gasteiger partial charge < -0.3 is 10.2 Å². The molecular formula is C23H20O4S. The SMILES string of the molecule is O=C(S)CC(O)(C(=O)O)C(c1ccccc1)(c1ccccc1)c1ccccc1. The third-order valence-electron chi connectivity index (χ3n) is 5.00. The summed E-state index contributed by atoms with van der Waals surface area (Å²) in [6.45, 7) is 0. The van der Waals surface area contributed by atoms with E-state index in [1.165, 1.54) is 0 Å². The minimum Gasteiger partial charge on any atom is -0.479 e. The number of thiol groups is 1. The van der Waals surface area contributed by atoms with E-state index in [0.717, 1.165) is 0 Å². The summed E-state index contributed by atoms with van der Waals surface area (Å²) in [5.74, 6) is -1.49. The van der Waals surface area contributed by atoms with Gasteiger partial charge in [-0.05, 0) is 16.7 Å². The molecule has 0 fully saturated rings. The van der Waals surface area contributed by atoms with E-state index >= 15 is 0 Å². The van der Waals surface area contributed by atoms with E-state index < -0.39 is 28.5 Å². The number of hydrogen-bond donors (Lipinski definition) is 3. The zero-order valence-electron chi connectivity index (χ0n) is 15.0. The Hall–Kier alpha value is -2.89. The van der Waals surface area contributed by atoms with Gasteiger partial charge in [0.05, 0.1) is 11.8 Å². The lowest BCUT2D eigenvalue weighted by Gasteiger charge is -2.45. The van der Waals surface area contributed by atoms with Gasteiger partial charge in [0.25, 0.3) is 0 Å². The summed E-state index contributed by atoms with van der Waals surface area (Å²) in [6, 6.07) is 26.7. The van der Waals surface area contributed by atoms with Gasteiger partial charge in [-0.25, -0.2) is 4.79 Å². The first-order valence-corrected chi connectivity index (χ1v) is 9.22. The number of carboxylic acids is 1. The molecule has 2 N–H and O–H groups in total. The number of carbonyl (C=O) groups excluding carboxylic acids is 1. The largest absolute Gasteiger partial charge is 0.479 e. The number of carbonyl (C=O) groups is 2. The molecule has 0 aromatic heterocycles. The van der Waals surface area contributed by atoms with Crippen molar-refractivity contribution in [3.05, 3.63) is 108 Å². The molecule has 1 atom stereocenters. The molecule has 0 aliphatic heterocycles. The Morgan fingerprint density at radius 1 is 0.714 bits per heavy atom. The third kappa shape index (κ3) is 3.23. The smallest absolute Gasteiger partial charge is 0.337 e. The summed E-state index contributed by atoms with van der Waals surface area (Å²) in [4.78, 5) is 24.4. The molecule has 4 nitrogen and oxygen atoms in total. The molecule has 0 heterocycles. The first kappa shape index (κ1) is 19.9. The highest BCUT2D eigenvalue weighted by Gasteiger charge is 2.59. The topological polar surface area (TPSA) is 74.6 Å². The van der Waals surface area contributed by atoms with Gasteiger partial charge in [-0.15, -0.1) is 12.6 Å². The molecule has 3 rings (SSSR count). The molecule has 28 heavy (non-hydrogen) atoms. The van der Waals surface area contributed by atoms with Crippen LogP contribution in [-0.4, -0.2) is 26.9 Å². The first-order chi connectivity index (χ1) is 13.4. The molecule has 3 aromatic rings. The van der Waals surface area contributed by atoms with Crippen LogP contribution in [0.25, 0.3) is 0 Å². The van der Waals surface area contributed by atoms with E-state index in [4.69, 9.17) is 0 Å². The fourth-order valence-corrected chi connectivity index (χ4v) is 4.10. The zero-order valence-corrected chi connectivity index (χ0v) is 15.9. The maximum Gasteiger partial charge on any atom is 0.337 e. The molecule has 3 aromatic carbocycles. The number of benzene rings is 3. The average molecular weight is 392 g/mol. The van der Waals surface area contributed by atoms with Gasteiger partial charge in [0.1, 0.15) is 0 Å². The average Bonchev–Trinajstić information content (AvgIpc) is 2.70. The minimum absolute atomic E-state index is 0.562. The van der Waals surface area contributed by atoms with Crippen LogP contribution in [0.4, 0.5) is 0 Å². The first-order valence-electron chi connectivity index (χ1n) is 8.77. The number of aliphatic carboxylic acids is 1. The Labute approximate surface area is 168 Å². The van der Waals surface area contributed by atoms with Crippen LogP contribution in [0.3, 0.4) is 0 Å². The maximum atomic E-state index is 12.5. The summed E-state index contributed by atoms with van der Waals surface area (Å²) in [5.41, 5.74) is -2.30. The fourth-order valence-electron chi connectivity index (χ4n) is 3.87. The lowest BCUT2D eigenvalue weighted by Crippen LogP contribution is -2.59. The Kier molecular flexibility index (Phi) is 5.68. The lowest BCUT2D eigenvalue weighted by atomic mass is 9.58. The summed E-state index contributed by atoms with van der Waals surface area (Å²) in [5, 5.41) is 21.1. The molecule has 5 heteroatoms. The molecule has 0 aliphatic carbocycles. The van der Waals surface area contributed by atoms with Gasteiger partial charge in [0.15, 0.2) is 10.7 Å². The van der Waals surface area contributed by atoms with Crippen molar-refractivity contribution in [1.29, 1.82) is 0 Å². The van der Waals surface area contributed by atoms with Gasteiger partial charge in [-0.1, -0.05) is 91.0 Å². The van der Waals surface area contributed by atoms with Gasteiger partial charge >= 0.3 is 5.97 Å². The van der Waals surface area contributed by atoms with Gasteiger partial charge in [0, 0.05) is 0 Å². The van der Waals surface area contributed by atoms with Crippen LogP contribution < -0.4 is 0 Å². The maximum absolute atomic E-state index is 12.5. The second-order valence-electron chi connectivity index (χ2n) is 6.58. The predicted octanol–water partition coefficient (Wildman–Crippen LogP) is 3.68. The highest BCUT2D eigenvalue weighted by molar-refractivity contribution is 7.96. The predicted molar refractivity (Wildman–Crippen MR) is 110 cm³/mol. The van der Waals surface area contributed by atoms with E-state index in [1.807, 2.05) is 18.2 Å². The van der Waals surface area contributed by atoms with E-state index in [-0.39, 0.29) is 0 Å². The number of carboxylic acid groups (broad SMARTS) is 1. The number of aliphatic hydroxyl groups is 1. The molecule has 0 amide bonds. The van der Waals surface area contributed by atoms with E-state index in [1.54, 1.807) is 72.8 Å². The summed E-state index contributed by atoms with van der Waals surface area (Å²) < 4.78 is 0. The summed E-state index contributed by atoms with van der Waals surface area (Å²) >= 11 is 3.79. The zero-order chi connectivity index (χ0) is 20.2. The minimum atomic E-state index is -2.46. The third-order valence-corrected chi connectivity index (χ3v) is 5.16.